The lowest BCUT2D eigenvalue weighted by atomic mass is 10.0. The minimum absolute atomic E-state index is 0.000348. The van der Waals surface area contributed by atoms with Crippen molar-refractivity contribution in [1.29, 1.82) is 0 Å². The van der Waals surface area contributed by atoms with Gasteiger partial charge in [0.15, 0.2) is 4.90 Å². The van der Waals surface area contributed by atoms with E-state index < -0.39 is 38.3 Å². The first kappa shape index (κ1) is 22.2. The highest BCUT2D eigenvalue weighted by molar-refractivity contribution is 7.92. The summed E-state index contributed by atoms with van der Waals surface area (Å²) in [4.78, 5) is 11.5. The Kier molecular flexibility index (Phi) is 5.87. The lowest BCUT2D eigenvalue weighted by Gasteiger charge is -2.31. The molecule has 0 saturated carbocycles. The van der Waals surface area contributed by atoms with Gasteiger partial charge in [-0.25, -0.2) is 21.6 Å². The Morgan fingerprint density at radius 3 is 2.31 bits per heavy atom. The first-order chi connectivity index (χ1) is 15.2. The highest BCUT2D eigenvalue weighted by Crippen LogP contribution is 2.35. The molecule has 0 unspecified atom stereocenters. The van der Waals surface area contributed by atoms with Gasteiger partial charge in [-0.2, -0.15) is 0 Å². The fourth-order valence-corrected chi connectivity index (χ4v) is 5.51. The maximum atomic E-state index is 14.2. The molecule has 0 bridgehead atoms. The quantitative estimate of drug-likeness (QED) is 0.561. The molecule has 0 aliphatic carbocycles. The number of nitrogens with zero attached hydrogens (tertiary/aromatic N) is 1. The van der Waals surface area contributed by atoms with E-state index in [-0.39, 0.29) is 28.5 Å². The van der Waals surface area contributed by atoms with Gasteiger partial charge in [0.05, 0.1) is 16.3 Å². The first-order valence-corrected chi connectivity index (χ1v) is 11.4. The third-order valence-corrected chi connectivity index (χ3v) is 7.26. The number of amides is 1. The highest BCUT2D eigenvalue weighted by Gasteiger charge is 2.34. The van der Waals surface area contributed by atoms with Gasteiger partial charge in [0.25, 0.3) is 15.9 Å². The molecule has 32 heavy (non-hydrogen) atoms. The molecule has 166 valence electrons. The Morgan fingerprint density at radius 2 is 1.62 bits per heavy atom. The summed E-state index contributed by atoms with van der Waals surface area (Å²) in [5.74, 6) is -4.03. The van der Waals surface area contributed by atoms with Crippen LogP contribution in [0.5, 0.6) is 0 Å². The molecule has 0 radical (unpaired) electrons. The predicted molar refractivity (Wildman–Crippen MR) is 115 cm³/mol. The zero-order valence-electron chi connectivity index (χ0n) is 16.4. The monoisotopic (exact) mass is 480 g/mol. The van der Waals surface area contributed by atoms with Gasteiger partial charge in [-0.3, -0.25) is 9.10 Å². The number of nitrogens with one attached hydrogen (secondary N) is 1. The second-order valence-corrected chi connectivity index (χ2v) is 9.33. The topological polar surface area (TPSA) is 66.5 Å². The molecular formula is C22H16ClF3N2O3S. The van der Waals surface area contributed by atoms with Gasteiger partial charge < -0.3 is 5.32 Å². The number of rotatable bonds is 4. The summed E-state index contributed by atoms with van der Waals surface area (Å²) in [5.41, 5.74) is 0.615. The number of fused-ring (bicyclic) bond motifs is 1. The van der Waals surface area contributed by atoms with E-state index in [0.717, 1.165) is 28.6 Å². The minimum Gasteiger partial charge on any atom is -0.322 e. The SMILES string of the molecule is O=C(Nc1ccc2c(c1)N(S(=O)(=O)c1c(F)cccc1F)CCC2)c1c(F)cccc1Cl. The average Bonchev–Trinajstić information content (AvgIpc) is 2.72. The molecule has 5 nitrogen and oxygen atoms in total. The summed E-state index contributed by atoms with van der Waals surface area (Å²) in [6, 6.07) is 11.1. The normalized spacial score (nSPS) is 13.6. The van der Waals surface area contributed by atoms with Crippen LogP contribution in [0.4, 0.5) is 24.5 Å². The Labute approximate surface area is 187 Å². The number of aryl methyl sites for hydroxylation is 1. The molecule has 1 aliphatic heterocycles. The van der Waals surface area contributed by atoms with Crippen LogP contribution in [0, 0.1) is 17.5 Å². The summed E-state index contributed by atoms with van der Waals surface area (Å²) in [6.45, 7) is -0.000348. The summed E-state index contributed by atoms with van der Waals surface area (Å²) in [5, 5.41) is 2.41. The van der Waals surface area contributed by atoms with Crippen LogP contribution in [0.25, 0.3) is 0 Å². The van der Waals surface area contributed by atoms with Crippen molar-refractivity contribution in [2.24, 2.45) is 0 Å². The summed E-state index contributed by atoms with van der Waals surface area (Å²) >= 11 is 5.93. The van der Waals surface area contributed by atoms with Crippen molar-refractivity contribution in [2.45, 2.75) is 17.7 Å². The molecule has 0 saturated heterocycles. The lowest BCUT2D eigenvalue weighted by molar-refractivity contribution is 0.102. The van der Waals surface area contributed by atoms with Crippen LogP contribution in [0.2, 0.25) is 5.02 Å². The number of anilines is 2. The largest absolute Gasteiger partial charge is 0.322 e. The van der Waals surface area contributed by atoms with Crippen LogP contribution in [0.15, 0.2) is 59.5 Å². The van der Waals surface area contributed by atoms with Crippen molar-refractivity contribution in [3.63, 3.8) is 0 Å². The standard InChI is InChI=1S/C22H16ClF3N2O3S/c23-15-5-1-6-16(24)20(15)22(29)27-14-10-9-13-4-3-11-28(19(13)12-14)32(30,31)21-17(25)7-2-8-18(21)26/h1-2,5-10,12H,3-4,11H2,(H,27,29). The zero-order chi connectivity index (χ0) is 23.0. The van der Waals surface area contributed by atoms with Crippen molar-refractivity contribution in [2.75, 3.05) is 16.2 Å². The summed E-state index contributed by atoms with van der Waals surface area (Å²) < 4.78 is 69.7. The fraction of sp³-hybridized carbons (Fsp3) is 0.136. The number of hydrogen-bond donors (Lipinski definition) is 1. The Bertz CT molecular complexity index is 1290. The molecule has 4 rings (SSSR count). The molecule has 1 aliphatic rings. The molecule has 0 fully saturated rings. The Balaban J connectivity index is 1.73. The van der Waals surface area contributed by atoms with Crippen LogP contribution in [-0.4, -0.2) is 20.9 Å². The van der Waals surface area contributed by atoms with Crippen molar-refractivity contribution in [3.05, 3.63) is 88.2 Å². The van der Waals surface area contributed by atoms with Crippen molar-refractivity contribution < 1.29 is 26.4 Å². The van der Waals surface area contributed by atoms with Crippen LogP contribution in [-0.2, 0) is 16.4 Å². The van der Waals surface area contributed by atoms with E-state index in [2.05, 4.69) is 5.32 Å². The molecule has 1 heterocycles. The van der Waals surface area contributed by atoms with E-state index in [0.29, 0.717) is 18.4 Å². The van der Waals surface area contributed by atoms with Gasteiger partial charge >= 0.3 is 0 Å². The molecule has 0 spiro atoms. The molecule has 0 aromatic heterocycles. The van der Waals surface area contributed by atoms with E-state index in [4.69, 9.17) is 11.6 Å². The minimum atomic E-state index is -4.56. The number of carbonyl (C=O) groups excluding carboxylic acids is 1. The Hall–Kier alpha value is -3.04. The second-order valence-electron chi connectivity index (χ2n) is 7.13. The molecule has 3 aromatic rings. The second kappa shape index (κ2) is 8.48. The van der Waals surface area contributed by atoms with Gasteiger partial charge in [-0.05, 0) is 54.8 Å². The molecule has 1 amide bonds. The molecule has 1 N–H and O–H groups in total. The molecule has 3 aromatic carbocycles. The summed E-state index contributed by atoms with van der Waals surface area (Å²) in [6.07, 6.45) is 0.979. The zero-order valence-corrected chi connectivity index (χ0v) is 18.0. The van der Waals surface area contributed by atoms with E-state index in [1.807, 2.05) is 0 Å². The van der Waals surface area contributed by atoms with Gasteiger partial charge in [-0.15, -0.1) is 0 Å². The number of hydrogen-bond acceptors (Lipinski definition) is 3. The molecular weight excluding hydrogens is 465 g/mol. The van der Waals surface area contributed by atoms with Crippen LogP contribution in [0.1, 0.15) is 22.3 Å². The van der Waals surface area contributed by atoms with Gasteiger partial charge in [-0.1, -0.05) is 29.8 Å². The van der Waals surface area contributed by atoms with Crippen molar-refractivity contribution in [3.8, 4) is 0 Å². The third-order valence-electron chi connectivity index (χ3n) is 5.08. The predicted octanol–water partition coefficient (Wildman–Crippen LogP) is 5.15. The van der Waals surface area contributed by atoms with E-state index >= 15 is 0 Å². The number of carbonyl (C=O) groups is 1. The third kappa shape index (κ3) is 3.93. The fourth-order valence-electron chi connectivity index (χ4n) is 3.62. The lowest BCUT2D eigenvalue weighted by Crippen LogP contribution is -2.36. The summed E-state index contributed by atoms with van der Waals surface area (Å²) in [7, 11) is -4.56. The van der Waals surface area contributed by atoms with Gasteiger partial charge in [0, 0.05) is 12.2 Å². The average molecular weight is 481 g/mol. The van der Waals surface area contributed by atoms with Crippen molar-refractivity contribution >= 4 is 38.9 Å². The van der Waals surface area contributed by atoms with Crippen LogP contribution < -0.4 is 9.62 Å². The van der Waals surface area contributed by atoms with Crippen LogP contribution in [0.3, 0.4) is 0 Å². The van der Waals surface area contributed by atoms with Gasteiger partial charge in [0.2, 0.25) is 0 Å². The van der Waals surface area contributed by atoms with E-state index in [1.165, 1.54) is 24.3 Å². The Morgan fingerprint density at radius 1 is 0.969 bits per heavy atom. The maximum absolute atomic E-state index is 14.2. The van der Waals surface area contributed by atoms with Gasteiger partial charge in [0.1, 0.15) is 17.5 Å². The van der Waals surface area contributed by atoms with E-state index in [1.54, 1.807) is 6.07 Å². The van der Waals surface area contributed by atoms with E-state index in [9.17, 15) is 26.4 Å². The maximum Gasteiger partial charge on any atom is 0.270 e. The molecule has 0 atom stereocenters. The number of benzene rings is 3. The van der Waals surface area contributed by atoms with Crippen LogP contribution >= 0.6 is 11.6 Å². The number of halogens is 4. The first-order valence-electron chi connectivity index (χ1n) is 9.55. The number of sulfonamides is 1. The molecule has 10 heteroatoms. The van der Waals surface area contributed by atoms with Crippen molar-refractivity contribution in [1.82, 2.24) is 0 Å². The highest BCUT2D eigenvalue weighted by atomic mass is 35.5. The smallest absolute Gasteiger partial charge is 0.270 e.